The number of esters is 3. The highest BCUT2D eigenvalue weighted by Crippen LogP contribution is 2.16. The molecule has 0 N–H and O–H groups in total. The molecule has 0 aliphatic carbocycles. The van der Waals surface area contributed by atoms with Crippen LogP contribution in [-0.2, 0) is 28.6 Å². The molecule has 1 atom stereocenters. The molecule has 0 fully saturated rings. The van der Waals surface area contributed by atoms with Crippen LogP contribution in [0.3, 0.4) is 0 Å². The molecule has 0 amide bonds. The van der Waals surface area contributed by atoms with Crippen LogP contribution in [0.2, 0.25) is 0 Å². The van der Waals surface area contributed by atoms with Gasteiger partial charge in [-0.1, -0.05) is 263 Å². The van der Waals surface area contributed by atoms with Crippen molar-refractivity contribution in [3.63, 3.8) is 0 Å². The summed E-state index contributed by atoms with van der Waals surface area (Å²) in [7, 11) is 0. The molecule has 0 aromatic heterocycles. The summed E-state index contributed by atoms with van der Waals surface area (Å²) in [5.74, 6) is -0.879. The van der Waals surface area contributed by atoms with Gasteiger partial charge in [-0.2, -0.15) is 0 Å². The van der Waals surface area contributed by atoms with Gasteiger partial charge in [0, 0.05) is 19.3 Å². The Morgan fingerprint density at radius 2 is 0.571 bits per heavy atom. The quantitative estimate of drug-likeness (QED) is 0.0262. The third-order valence-electron chi connectivity index (χ3n) is 12.2. The van der Waals surface area contributed by atoms with Crippen molar-refractivity contribution in [1.82, 2.24) is 0 Å². The van der Waals surface area contributed by atoms with E-state index in [-0.39, 0.29) is 31.1 Å². The highest BCUT2D eigenvalue weighted by Gasteiger charge is 2.19. The Labute approximate surface area is 391 Å². The third-order valence-corrected chi connectivity index (χ3v) is 12.2. The Kier molecular flexibility index (Phi) is 50.3. The highest BCUT2D eigenvalue weighted by molar-refractivity contribution is 5.71. The van der Waals surface area contributed by atoms with E-state index in [0.29, 0.717) is 19.3 Å². The first-order valence-corrected chi connectivity index (χ1v) is 27.5. The summed E-state index contributed by atoms with van der Waals surface area (Å²) in [6.07, 6.45) is 61.2. The summed E-state index contributed by atoms with van der Waals surface area (Å²) < 4.78 is 16.8. The van der Waals surface area contributed by atoms with Gasteiger partial charge in [-0.05, 0) is 44.9 Å². The first-order valence-electron chi connectivity index (χ1n) is 27.5. The molecule has 0 rings (SSSR count). The summed E-state index contributed by atoms with van der Waals surface area (Å²) in [4.78, 5) is 38.0. The predicted octanol–water partition coefficient (Wildman–Crippen LogP) is 18.1. The molecule has 0 aromatic carbocycles. The van der Waals surface area contributed by atoms with Gasteiger partial charge in [0.1, 0.15) is 13.2 Å². The van der Waals surface area contributed by atoms with E-state index in [4.69, 9.17) is 14.2 Å². The summed E-state index contributed by atoms with van der Waals surface area (Å²) in [5, 5.41) is 0. The van der Waals surface area contributed by atoms with E-state index in [1.54, 1.807) is 0 Å². The Morgan fingerprint density at radius 3 is 0.873 bits per heavy atom. The van der Waals surface area contributed by atoms with Crippen LogP contribution in [-0.4, -0.2) is 37.2 Å². The van der Waals surface area contributed by atoms with Crippen molar-refractivity contribution in [3.8, 4) is 0 Å². The van der Waals surface area contributed by atoms with E-state index in [1.807, 2.05) is 0 Å². The average Bonchev–Trinajstić information content (AvgIpc) is 3.28. The zero-order chi connectivity index (χ0) is 45.8. The molecule has 6 heteroatoms. The van der Waals surface area contributed by atoms with Crippen molar-refractivity contribution in [2.24, 2.45) is 0 Å². The maximum atomic E-state index is 12.8. The van der Waals surface area contributed by atoms with Crippen molar-refractivity contribution < 1.29 is 28.6 Å². The normalized spacial score (nSPS) is 12.2. The minimum absolute atomic E-state index is 0.0742. The predicted molar refractivity (Wildman–Crippen MR) is 270 cm³/mol. The Hall–Kier alpha value is -2.37. The number of allylic oxidation sites excluding steroid dienone is 6. The molecule has 0 aromatic rings. The topological polar surface area (TPSA) is 78.9 Å². The Balaban J connectivity index is 4.37. The minimum Gasteiger partial charge on any atom is -0.462 e. The van der Waals surface area contributed by atoms with Gasteiger partial charge in [-0.15, -0.1) is 0 Å². The minimum atomic E-state index is -0.775. The maximum absolute atomic E-state index is 12.8. The number of rotatable bonds is 50. The summed E-state index contributed by atoms with van der Waals surface area (Å²) in [5.41, 5.74) is 0. The summed E-state index contributed by atoms with van der Waals surface area (Å²) in [6.45, 7) is 6.64. The van der Waals surface area contributed by atoms with Gasteiger partial charge >= 0.3 is 17.9 Å². The van der Waals surface area contributed by atoms with Gasteiger partial charge < -0.3 is 14.2 Å². The van der Waals surface area contributed by atoms with Crippen LogP contribution in [0.1, 0.15) is 290 Å². The summed E-state index contributed by atoms with van der Waals surface area (Å²) in [6, 6.07) is 0. The molecule has 0 radical (unpaired) electrons. The number of carbonyl (C=O) groups is 3. The Bertz CT molecular complexity index is 1060. The van der Waals surface area contributed by atoms with Gasteiger partial charge in [0.15, 0.2) is 6.10 Å². The summed E-state index contributed by atoms with van der Waals surface area (Å²) >= 11 is 0. The molecule has 6 nitrogen and oxygen atoms in total. The van der Waals surface area contributed by atoms with Crippen molar-refractivity contribution in [1.29, 1.82) is 0 Å². The van der Waals surface area contributed by atoms with Gasteiger partial charge in [0.05, 0.1) is 0 Å². The fourth-order valence-corrected chi connectivity index (χ4v) is 8.03. The zero-order valence-electron chi connectivity index (χ0n) is 42.1. The molecule has 0 aliphatic heterocycles. The molecule has 0 spiro atoms. The van der Waals surface area contributed by atoms with Crippen LogP contribution in [0, 0.1) is 0 Å². The number of hydrogen-bond acceptors (Lipinski definition) is 6. The van der Waals surface area contributed by atoms with Crippen LogP contribution in [0.15, 0.2) is 36.5 Å². The molecule has 1 unspecified atom stereocenters. The second-order valence-electron chi connectivity index (χ2n) is 18.6. The van der Waals surface area contributed by atoms with Crippen LogP contribution in [0.5, 0.6) is 0 Å². The monoisotopic (exact) mass is 885 g/mol. The lowest BCUT2D eigenvalue weighted by Crippen LogP contribution is -2.30. The number of carbonyl (C=O) groups excluding carboxylic acids is 3. The third kappa shape index (κ3) is 50.5. The van der Waals surface area contributed by atoms with Crippen LogP contribution >= 0.6 is 0 Å². The van der Waals surface area contributed by atoms with Crippen molar-refractivity contribution >= 4 is 17.9 Å². The lowest BCUT2D eigenvalue weighted by atomic mass is 10.0. The van der Waals surface area contributed by atoms with Crippen LogP contribution in [0.25, 0.3) is 0 Å². The Morgan fingerprint density at radius 1 is 0.317 bits per heavy atom. The van der Waals surface area contributed by atoms with Crippen molar-refractivity contribution in [2.75, 3.05) is 13.2 Å². The van der Waals surface area contributed by atoms with Gasteiger partial charge in [-0.25, -0.2) is 0 Å². The SMILES string of the molecule is CCCCCCC\C=C/C=C\C=C/CCCCCCCC(=O)OCC(COC(=O)CCCCCCCCCCCCCCC)OC(=O)CCCCCCCCCCCCCCCC. The van der Waals surface area contributed by atoms with Gasteiger partial charge in [-0.3, -0.25) is 14.4 Å². The largest absolute Gasteiger partial charge is 0.462 e. The fourth-order valence-electron chi connectivity index (χ4n) is 8.03. The van der Waals surface area contributed by atoms with Gasteiger partial charge in [0.2, 0.25) is 0 Å². The van der Waals surface area contributed by atoms with Gasteiger partial charge in [0.25, 0.3) is 0 Å². The van der Waals surface area contributed by atoms with E-state index >= 15 is 0 Å². The molecule has 0 saturated carbocycles. The molecule has 0 saturated heterocycles. The zero-order valence-corrected chi connectivity index (χ0v) is 42.1. The second kappa shape index (κ2) is 52.3. The molecule has 0 bridgehead atoms. The molecular weight excluding hydrogens is 781 g/mol. The van der Waals surface area contributed by atoms with E-state index < -0.39 is 6.10 Å². The van der Waals surface area contributed by atoms with Crippen molar-refractivity contribution in [3.05, 3.63) is 36.5 Å². The number of ether oxygens (including phenoxy) is 3. The van der Waals surface area contributed by atoms with E-state index in [1.165, 1.54) is 173 Å². The smallest absolute Gasteiger partial charge is 0.306 e. The lowest BCUT2D eigenvalue weighted by Gasteiger charge is -2.18. The van der Waals surface area contributed by atoms with Crippen molar-refractivity contribution in [2.45, 2.75) is 297 Å². The molecular formula is C57H104O6. The number of hydrogen-bond donors (Lipinski definition) is 0. The molecule has 368 valence electrons. The lowest BCUT2D eigenvalue weighted by molar-refractivity contribution is -0.167. The molecule has 63 heavy (non-hydrogen) atoms. The highest BCUT2D eigenvalue weighted by atomic mass is 16.6. The van der Waals surface area contributed by atoms with Crippen LogP contribution < -0.4 is 0 Å². The fraction of sp³-hybridized carbons (Fsp3) is 0.842. The molecule has 0 aliphatic rings. The maximum Gasteiger partial charge on any atom is 0.306 e. The second-order valence-corrected chi connectivity index (χ2v) is 18.6. The van der Waals surface area contributed by atoms with E-state index in [0.717, 1.165) is 77.0 Å². The molecule has 0 heterocycles. The van der Waals surface area contributed by atoms with E-state index in [9.17, 15) is 14.4 Å². The first kappa shape index (κ1) is 60.6. The first-order chi connectivity index (χ1) is 31.0. The number of unbranched alkanes of at least 4 members (excludes halogenated alkanes) is 35. The standard InChI is InChI=1S/C57H104O6/c1-4-7-10-13-16-19-22-25-27-28-29-30-33-35-38-41-44-47-50-56(59)62-53-54(52-61-55(58)49-46-43-40-37-34-31-24-21-18-15-12-9-6-3)63-57(60)51-48-45-42-39-36-32-26-23-20-17-14-11-8-5-2/h22,25,27-30,54H,4-21,23-24,26,31-53H2,1-3H3/b25-22-,28-27-,30-29-. The average molecular weight is 885 g/mol. The van der Waals surface area contributed by atoms with Crippen LogP contribution in [0.4, 0.5) is 0 Å². The van der Waals surface area contributed by atoms with E-state index in [2.05, 4.69) is 57.2 Å².